The third-order valence-electron chi connectivity index (χ3n) is 5.85. The van der Waals surface area contributed by atoms with Crippen LogP contribution >= 0.6 is 23.2 Å². The van der Waals surface area contributed by atoms with Crippen LogP contribution in [0.3, 0.4) is 0 Å². The van der Waals surface area contributed by atoms with Gasteiger partial charge < -0.3 is 4.18 Å². The second kappa shape index (κ2) is 11.0. The maximum atomic E-state index is 13.6. The molecule has 11 heteroatoms. The molecule has 0 bridgehead atoms. The smallest absolute Gasteiger partial charge is 0.343 e. The van der Waals surface area contributed by atoms with Crippen LogP contribution in [0.2, 0.25) is 10.0 Å². The molecule has 0 spiro atoms. The Bertz CT molecular complexity index is 1700. The predicted molar refractivity (Wildman–Crippen MR) is 152 cm³/mol. The first-order valence-corrected chi connectivity index (χ1v) is 13.9. The SMILES string of the molecule is O=C1C(=Cc2cc(Cl)ccc2OS(=O)(=O)c2ccc(Cl)cc2)C(=O)N(c2ccccc2)C(=O)N1c1ccccc1. The van der Waals surface area contributed by atoms with Gasteiger partial charge in [-0.05, 0) is 72.8 Å². The van der Waals surface area contributed by atoms with E-state index in [4.69, 9.17) is 27.4 Å². The molecule has 4 aromatic carbocycles. The summed E-state index contributed by atoms with van der Waals surface area (Å²) in [5.41, 5.74) is 0.0925. The summed E-state index contributed by atoms with van der Waals surface area (Å²) in [5, 5.41) is 0.528. The van der Waals surface area contributed by atoms with Crippen LogP contribution in [0, 0.1) is 0 Å². The number of hydrogen-bond donors (Lipinski definition) is 0. The van der Waals surface area contributed by atoms with E-state index in [-0.39, 0.29) is 32.6 Å². The van der Waals surface area contributed by atoms with E-state index < -0.39 is 33.5 Å². The minimum absolute atomic E-state index is 0.0251. The molecule has 1 fully saturated rings. The van der Waals surface area contributed by atoms with Gasteiger partial charge in [-0.2, -0.15) is 8.42 Å². The average molecular weight is 593 g/mol. The maximum Gasteiger partial charge on any atom is 0.343 e. The molecule has 1 aliphatic rings. The predicted octanol–water partition coefficient (Wildman–Crippen LogP) is 6.34. The van der Waals surface area contributed by atoms with Crippen LogP contribution in [0.5, 0.6) is 5.75 Å². The molecule has 5 rings (SSSR count). The third kappa shape index (κ3) is 5.35. The molecule has 8 nitrogen and oxygen atoms in total. The molecule has 1 saturated heterocycles. The van der Waals surface area contributed by atoms with Crippen LogP contribution in [0.25, 0.3) is 6.08 Å². The molecule has 1 aliphatic heterocycles. The Hall–Kier alpha value is -4.44. The van der Waals surface area contributed by atoms with E-state index in [0.717, 1.165) is 15.9 Å². The van der Waals surface area contributed by atoms with Crippen molar-refractivity contribution >= 4 is 68.6 Å². The maximum absolute atomic E-state index is 13.6. The molecular formula is C29H18Cl2N2O6S. The number of urea groups is 1. The van der Waals surface area contributed by atoms with Gasteiger partial charge in [0.25, 0.3) is 11.8 Å². The Morgan fingerprint density at radius 1 is 0.650 bits per heavy atom. The van der Waals surface area contributed by atoms with Gasteiger partial charge in [0, 0.05) is 15.6 Å². The number of hydrogen-bond acceptors (Lipinski definition) is 6. The third-order valence-corrected chi connectivity index (χ3v) is 7.59. The Morgan fingerprint density at radius 3 is 1.68 bits per heavy atom. The van der Waals surface area contributed by atoms with Gasteiger partial charge in [-0.15, -0.1) is 0 Å². The van der Waals surface area contributed by atoms with Crippen LogP contribution in [0.1, 0.15) is 5.56 Å². The molecule has 4 aromatic rings. The first-order chi connectivity index (χ1) is 19.2. The number of carbonyl (C=O) groups excluding carboxylic acids is 3. The zero-order chi connectivity index (χ0) is 28.4. The molecule has 0 N–H and O–H groups in total. The standard InChI is InChI=1S/C29H18Cl2N2O6S/c30-20-11-14-24(15-12-20)40(37,38)39-26-16-13-21(31)17-19(26)18-25-27(34)32(22-7-3-1-4-8-22)29(36)33(28(25)35)23-9-5-2-6-10-23/h1-18H. The largest absolute Gasteiger partial charge is 0.378 e. The Labute approximate surface area is 239 Å². The lowest BCUT2D eigenvalue weighted by Crippen LogP contribution is -2.57. The summed E-state index contributed by atoms with van der Waals surface area (Å²) in [4.78, 5) is 42.4. The van der Waals surface area contributed by atoms with Crippen molar-refractivity contribution in [1.82, 2.24) is 0 Å². The molecule has 0 saturated carbocycles. The van der Waals surface area contributed by atoms with E-state index in [0.29, 0.717) is 5.02 Å². The van der Waals surface area contributed by atoms with Crippen LogP contribution < -0.4 is 14.0 Å². The Kier molecular flexibility index (Phi) is 7.44. The van der Waals surface area contributed by atoms with E-state index in [9.17, 15) is 22.8 Å². The van der Waals surface area contributed by atoms with Crippen LogP contribution in [0.15, 0.2) is 114 Å². The fraction of sp³-hybridized carbons (Fsp3) is 0. The van der Waals surface area contributed by atoms with Crippen molar-refractivity contribution in [2.45, 2.75) is 4.90 Å². The summed E-state index contributed by atoms with van der Waals surface area (Å²) in [7, 11) is -4.33. The summed E-state index contributed by atoms with van der Waals surface area (Å²) < 4.78 is 31.3. The average Bonchev–Trinajstić information content (AvgIpc) is 2.94. The lowest BCUT2D eigenvalue weighted by molar-refractivity contribution is -0.121. The molecule has 0 unspecified atom stereocenters. The zero-order valence-corrected chi connectivity index (χ0v) is 22.7. The molecule has 0 atom stereocenters. The number of amides is 4. The summed E-state index contributed by atoms with van der Waals surface area (Å²) in [6.45, 7) is 0. The van der Waals surface area contributed by atoms with Crippen molar-refractivity contribution in [1.29, 1.82) is 0 Å². The summed E-state index contributed by atoms with van der Waals surface area (Å²) in [6.07, 6.45) is 1.15. The highest BCUT2D eigenvalue weighted by Gasteiger charge is 2.43. The van der Waals surface area contributed by atoms with Gasteiger partial charge in [-0.3, -0.25) is 9.59 Å². The van der Waals surface area contributed by atoms with Crippen LogP contribution in [-0.4, -0.2) is 26.3 Å². The van der Waals surface area contributed by atoms with E-state index in [1.54, 1.807) is 60.7 Å². The van der Waals surface area contributed by atoms with E-state index in [2.05, 4.69) is 0 Å². The lowest BCUT2D eigenvalue weighted by atomic mass is 10.0. The van der Waals surface area contributed by atoms with Crippen molar-refractivity contribution in [3.63, 3.8) is 0 Å². The van der Waals surface area contributed by atoms with Crippen molar-refractivity contribution in [3.05, 3.63) is 124 Å². The second-order valence-electron chi connectivity index (χ2n) is 8.47. The topological polar surface area (TPSA) is 101 Å². The molecule has 0 radical (unpaired) electrons. The van der Waals surface area contributed by atoms with Gasteiger partial charge in [0.2, 0.25) is 0 Å². The number of para-hydroxylation sites is 2. The first kappa shape index (κ1) is 27.1. The van der Waals surface area contributed by atoms with Gasteiger partial charge in [0.1, 0.15) is 16.2 Å². The molecule has 0 aromatic heterocycles. The number of imide groups is 2. The number of halogens is 2. The summed E-state index contributed by atoms with van der Waals surface area (Å²) in [5.74, 6) is -2.00. The monoisotopic (exact) mass is 592 g/mol. The van der Waals surface area contributed by atoms with Gasteiger partial charge in [0.05, 0.1) is 11.4 Å². The Morgan fingerprint density at radius 2 is 1.15 bits per heavy atom. The van der Waals surface area contributed by atoms with Crippen LogP contribution in [0.4, 0.5) is 16.2 Å². The zero-order valence-electron chi connectivity index (χ0n) is 20.4. The highest BCUT2D eigenvalue weighted by atomic mass is 35.5. The number of carbonyl (C=O) groups is 3. The highest BCUT2D eigenvalue weighted by Crippen LogP contribution is 2.33. The van der Waals surface area contributed by atoms with E-state index in [1.165, 1.54) is 42.5 Å². The van der Waals surface area contributed by atoms with Crippen molar-refractivity contribution in [3.8, 4) is 5.75 Å². The number of rotatable bonds is 6. The second-order valence-corrected chi connectivity index (χ2v) is 10.9. The highest BCUT2D eigenvalue weighted by molar-refractivity contribution is 7.87. The van der Waals surface area contributed by atoms with Crippen molar-refractivity contribution < 1.29 is 27.0 Å². The van der Waals surface area contributed by atoms with Gasteiger partial charge in [-0.25, -0.2) is 14.6 Å². The molecule has 40 heavy (non-hydrogen) atoms. The Balaban J connectivity index is 1.63. The molecule has 4 amide bonds. The number of benzene rings is 4. The lowest BCUT2D eigenvalue weighted by Gasteiger charge is -2.34. The van der Waals surface area contributed by atoms with Gasteiger partial charge >= 0.3 is 16.1 Å². The van der Waals surface area contributed by atoms with Crippen molar-refractivity contribution in [2.24, 2.45) is 0 Å². The van der Waals surface area contributed by atoms with Gasteiger partial charge in [0.15, 0.2) is 0 Å². The van der Waals surface area contributed by atoms with E-state index >= 15 is 0 Å². The quantitative estimate of drug-likeness (QED) is 0.147. The summed E-state index contributed by atoms with van der Waals surface area (Å²) >= 11 is 12.1. The molecule has 0 aliphatic carbocycles. The first-order valence-electron chi connectivity index (χ1n) is 11.7. The number of nitrogens with zero attached hydrogens (tertiary/aromatic N) is 2. The number of anilines is 2. The number of barbiturate groups is 1. The minimum atomic E-state index is -4.33. The molecule has 1 heterocycles. The molecular weight excluding hydrogens is 575 g/mol. The van der Waals surface area contributed by atoms with Crippen molar-refractivity contribution in [2.75, 3.05) is 9.80 Å². The molecule has 200 valence electrons. The van der Waals surface area contributed by atoms with E-state index in [1.807, 2.05) is 0 Å². The minimum Gasteiger partial charge on any atom is -0.378 e. The normalized spacial score (nSPS) is 13.9. The summed E-state index contributed by atoms with van der Waals surface area (Å²) in [6, 6.07) is 24.8. The van der Waals surface area contributed by atoms with Crippen LogP contribution in [-0.2, 0) is 19.7 Å². The fourth-order valence-corrected chi connectivity index (χ4v) is 5.23. The fourth-order valence-electron chi connectivity index (χ4n) is 3.97. The van der Waals surface area contributed by atoms with Gasteiger partial charge in [-0.1, -0.05) is 59.6 Å².